The van der Waals surface area contributed by atoms with Gasteiger partial charge in [-0.2, -0.15) is 0 Å². The average Bonchev–Trinajstić information content (AvgIpc) is 2.36. The SMILES string of the molecule is O=C(O)C=CC(=O)NCCCC1NC(=O)CNC1=O. The first kappa shape index (κ1) is 14.7. The van der Waals surface area contributed by atoms with E-state index in [1.807, 2.05) is 0 Å². The molecule has 0 aromatic heterocycles. The summed E-state index contributed by atoms with van der Waals surface area (Å²) >= 11 is 0. The van der Waals surface area contributed by atoms with Gasteiger partial charge < -0.3 is 21.1 Å². The highest BCUT2D eigenvalue weighted by molar-refractivity contribution is 5.95. The number of carboxylic acid groups (broad SMARTS) is 1. The van der Waals surface area contributed by atoms with Crippen LogP contribution in [0.2, 0.25) is 0 Å². The second kappa shape index (κ2) is 7.14. The van der Waals surface area contributed by atoms with E-state index in [9.17, 15) is 19.2 Å². The van der Waals surface area contributed by atoms with Gasteiger partial charge in [0.2, 0.25) is 17.7 Å². The van der Waals surface area contributed by atoms with E-state index >= 15 is 0 Å². The first-order chi connectivity index (χ1) is 8.99. The van der Waals surface area contributed by atoms with Crippen molar-refractivity contribution >= 4 is 23.7 Å². The summed E-state index contributed by atoms with van der Waals surface area (Å²) in [4.78, 5) is 43.7. The molecule has 19 heavy (non-hydrogen) atoms. The maximum Gasteiger partial charge on any atom is 0.328 e. The lowest BCUT2D eigenvalue weighted by molar-refractivity contribution is -0.133. The minimum absolute atomic E-state index is 0.00788. The van der Waals surface area contributed by atoms with Gasteiger partial charge in [-0.25, -0.2) is 4.79 Å². The van der Waals surface area contributed by atoms with Gasteiger partial charge in [-0.3, -0.25) is 14.4 Å². The maximum absolute atomic E-state index is 11.4. The van der Waals surface area contributed by atoms with E-state index in [0.29, 0.717) is 19.4 Å². The van der Waals surface area contributed by atoms with Crippen molar-refractivity contribution in [3.8, 4) is 0 Å². The number of hydrogen-bond acceptors (Lipinski definition) is 4. The average molecular weight is 269 g/mol. The number of hydrogen-bond donors (Lipinski definition) is 4. The lowest BCUT2D eigenvalue weighted by Crippen LogP contribution is -2.56. The largest absolute Gasteiger partial charge is 0.478 e. The van der Waals surface area contributed by atoms with Crippen molar-refractivity contribution < 1.29 is 24.3 Å². The number of rotatable bonds is 6. The number of amides is 3. The molecule has 1 atom stereocenters. The summed E-state index contributed by atoms with van der Waals surface area (Å²) in [6.45, 7) is 0.286. The van der Waals surface area contributed by atoms with Gasteiger partial charge in [0.05, 0.1) is 6.54 Å². The second-order valence-electron chi connectivity index (χ2n) is 3.94. The minimum Gasteiger partial charge on any atom is -0.478 e. The molecular formula is C11H15N3O5. The van der Waals surface area contributed by atoms with Crippen LogP contribution in [-0.2, 0) is 19.2 Å². The van der Waals surface area contributed by atoms with Crippen molar-refractivity contribution in [2.45, 2.75) is 18.9 Å². The lowest BCUT2D eigenvalue weighted by atomic mass is 10.1. The highest BCUT2D eigenvalue weighted by Crippen LogP contribution is 2.00. The van der Waals surface area contributed by atoms with Gasteiger partial charge in [-0.1, -0.05) is 0 Å². The number of carbonyl (C=O) groups is 4. The fourth-order valence-electron chi connectivity index (χ4n) is 1.53. The molecule has 4 N–H and O–H groups in total. The summed E-state index contributed by atoms with van der Waals surface area (Å²) in [7, 11) is 0. The Hall–Kier alpha value is -2.38. The molecule has 0 saturated carbocycles. The van der Waals surface area contributed by atoms with Crippen LogP contribution in [0.15, 0.2) is 12.2 Å². The molecular weight excluding hydrogens is 254 g/mol. The topological polar surface area (TPSA) is 125 Å². The van der Waals surface area contributed by atoms with E-state index < -0.39 is 17.9 Å². The van der Waals surface area contributed by atoms with Gasteiger partial charge in [0.1, 0.15) is 6.04 Å². The Morgan fingerprint density at radius 1 is 1.37 bits per heavy atom. The van der Waals surface area contributed by atoms with Crippen molar-refractivity contribution in [2.24, 2.45) is 0 Å². The van der Waals surface area contributed by atoms with Gasteiger partial charge in [0.25, 0.3) is 0 Å². The van der Waals surface area contributed by atoms with Crippen LogP contribution in [0.5, 0.6) is 0 Å². The molecule has 1 aliphatic rings. The Balaban J connectivity index is 2.20. The maximum atomic E-state index is 11.4. The molecule has 8 nitrogen and oxygen atoms in total. The summed E-state index contributed by atoms with van der Waals surface area (Å²) in [6.07, 6.45) is 2.55. The van der Waals surface area contributed by atoms with Crippen LogP contribution in [0.25, 0.3) is 0 Å². The van der Waals surface area contributed by atoms with Crippen molar-refractivity contribution in [3.05, 3.63) is 12.2 Å². The molecule has 0 aliphatic carbocycles. The Morgan fingerprint density at radius 3 is 2.79 bits per heavy atom. The molecule has 1 aliphatic heterocycles. The molecule has 8 heteroatoms. The number of nitrogens with one attached hydrogen (secondary N) is 3. The van der Waals surface area contributed by atoms with Crippen LogP contribution in [0, 0.1) is 0 Å². The fourth-order valence-corrected chi connectivity index (χ4v) is 1.53. The quantitative estimate of drug-likeness (QED) is 0.332. The molecule has 0 spiro atoms. The molecule has 1 saturated heterocycles. The van der Waals surface area contributed by atoms with E-state index in [-0.39, 0.29) is 18.4 Å². The second-order valence-corrected chi connectivity index (χ2v) is 3.94. The summed E-state index contributed by atoms with van der Waals surface area (Å²) in [5.74, 6) is -2.19. The monoisotopic (exact) mass is 269 g/mol. The van der Waals surface area contributed by atoms with Gasteiger partial charge in [0.15, 0.2) is 0 Å². The van der Waals surface area contributed by atoms with Gasteiger partial charge >= 0.3 is 5.97 Å². The molecule has 104 valence electrons. The van der Waals surface area contributed by atoms with Gasteiger partial charge in [0, 0.05) is 18.7 Å². The molecule has 1 heterocycles. The zero-order valence-electron chi connectivity index (χ0n) is 10.1. The zero-order valence-corrected chi connectivity index (χ0v) is 10.1. The summed E-state index contributed by atoms with van der Waals surface area (Å²) in [6, 6.07) is -0.576. The fraction of sp³-hybridized carbons (Fsp3) is 0.455. The summed E-state index contributed by atoms with van der Waals surface area (Å²) in [5, 5.41) is 15.8. The Morgan fingerprint density at radius 2 is 2.11 bits per heavy atom. The van der Waals surface area contributed by atoms with Crippen LogP contribution < -0.4 is 16.0 Å². The predicted molar refractivity (Wildman–Crippen MR) is 64.0 cm³/mol. The standard InChI is InChI=1S/C11H15N3O5/c15-8(3-4-10(17)18)12-5-1-2-7-11(19)13-6-9(16)14-7/h3-4,7H,1-2,5-6H2,(H,12,15)(H,13,19)(H,14,16)(H,17,18). The predicted octanol–water partition coefficient (Wildman–Crippen LogP) is -1.86. The molecule has 1 fully saturated rings. The summed E-state index contributed by atoms with van der Waals surface area (Å²) < 4.78 is 0. The first-order valence-electron chi connectivity index (χ1n) is 5.75. The van der Waals surface area contributed by atoms with Gasteiger partial charge in [-0.15, -0.1) is 0 Å². The Labute approximate surface area is 109 Å². The zero-order chi connectivity index (χ0) is 14.3. The van der Waals surface area contributed by atoms with Crippen LogP contribution in [0.1, 0.15) is 12.8 Å². The van der Waals surface area contributed by atoms with E-state index in [4.69, 9.17) is 5.11 Å². The molecule has 0 radical (unpaired) electrons. The van der Waals surface area contributed by atoms with Gasteiger partial charge in [-0.05, 0) is 12.8 Å². The first-order valence-corrected chi connectivity index (χ1v) is 5.75. The number of carbonyl (C=O) groups excluding carboxylic acids is 3. The van der Waals surface area contributed by atoms with Crippen LogP contribution in [-0.4, -0.2) is 47.9 Å². The van der Waals surface area contributed by atoms with Crippen molar-refractivity contribution in [3.63, 3.8) is 0 Å². The molecule has 0 bridgehead atoms. The third-order valence-corrected chi connectivity index (χ3v) is 2.42. The highest BCUT2D eigenvalue weighted by atomic mass is 16.4. The Kier molecular flexibility index (Phi) is 5.52. The number of piperazine rings is 1. The van der Waals surface area contributed by atoms with Crippen molar-refractivity contribution in [2.75, 3.05) is 13.1 Å². The minimum atomic E-state index is -1.20. The van der Waals surface area contributed by atoms with Crippen LogP contribution in [0.4, 0.5) is 0 Å². The molecule has 0 aromatic carbocycles. The normalized spacial score (nSPS) is 18.8. The summed E-state index contributed by atoms with van der Waals surface area (Å²) in [5.41, 5.74) is 0. The third kappa shape index (κ3) is 5.66. The molecule has 1 rings (SSSR count). The number of aliphatic carboxylic acids is 1. The van der Waals surface area contributed by atoms with E-state index in [1.54, 1.807) is 0 Å². The molecule has 3 amide bonds. The lowest BCUT2D eigenvalue weighted by Gasteiger charge is -2.22. The third-order valence-electron chi connectivity index (χ3n) is 2.42. The van der Waals surface area contributed by atoms with E-state index in [2.05, 4.69) is 16.0 Å². The smallest absolute Gasteiger partial charge is 0.328 e. The van der Waals surface area contributed by atoms with Crippen molar-refractivity contribution in [1.29, 1.82) is 0 Å². The van der Waals surface area contributed by atoms with Crippen molar-refractivity contribution in [1.82, 2.24) is 16.0 Å². The molecule has 1 unspecified atom stereocenters. The van der Waals surface area contributed by atoms with E-state index in [1.165, 1.54) is 0 Å². The van der Waals surface area contributed by atoms with Crippen LogP contribution in [0.3, 0.4) is 0 Å². The van der Waals surface area contributed by atoms with Crippen LogP contribution >= 0.6 is 0 Å². The Bertz CT molecular complexity index is 419. The highest BCUT2D eigenvalue weighted by Gasteiger charge is 2.24. The molecule has 0 aromatic rings. The van der Waals surface area contributed by atoms with E-state index in [0.717, 1.165) is 12.2 Å². The number of carboxylic acids is 1.